The molecular weight excluding hydrogens is 1720 g/mol. The van der Waals surface area contributed by atoms with Gasteiger partial charge in [-0.1, -0.05) is 40.0 Å². The maximum atomic E-state index is 13.7. The summed E-state index contributed by atoms with van der Waals surface area (Å²) >= 11 is 0. The minimum atomic E-state index is -6.09. The monoisotopic (exact) mass is 1820 g/mol. The van der Waals surface area contributed by atoms with Gasteiger partial charge < -0.3 is 84.7 Å². The van der Waals surface area contributed by atoms with Crippen LogP contribution in [0.1, 0.15) is 197 Å². The van der Waals surface area contributed by atoms with Crippen molar-refractivity contribution < 1.29 is 194 Å². The number of hydrogen-bond acceptors (Lipinski definition) is 36. The first-order valence-electron chi connectivity index (χ1n) is 41.6. The molecule has 31 unspecified atom stereocenters. The summed E-state index contributed by atoms with van der Waals surface area (Å²) in [4.78, 5) is 152. The maximum absolute atomic E-state index is 13.7. The van der Waals surface area contributed by atoms with Gasteiger partial charge in [0.2, 0.25) is 0 Å². The van der Waals surface area contributed by atoms with E-state index in [1.807, 2.05) is 41.5 Å². The molecule has 31 atom stereocenters. The summed E-state index contributed by atoms with van der Waals surface area (Å²) in [6.45, 7) is 13.1. The minimum Gasteiger partial charge on any atom is -0.743 e. The van der Waals surface area contributed by atoms with Crippen LogP contribution in [0.25, 0.3) is 0 Å². The summed E-state index contributed by atoms with van der Waals surface area (Å²) in [7, 11) is -18.3. The van der Waals surface area contributed by atoms with Gasteiger partial charge in [-0.3, -0.25) is 57.5 Å². The van der Waals surface area contributed by atoms with E-state index in [9.17, 15) is 123 Å². The molecule has 15 rings (SSSR count). The third-order valence-electron chi connectivity index (χ3n) is 28.7. The average Bonchev–Trinajstić information content (AvgIpc) is 1.55. The van der Waals surface area contributed by atoms with Gasteiger partial charge in [-0.25, -0.2) is 25.3 Å². The van der Waals surface area contributed by atoms with Crippen LogP contribution in [0.4, 0.5) is 26.3 Å². The van der Waals surface area contributed by atoms with Crippen LogP contribution >= 0.6 is 0 Å². The van der Waals surface area contributed by atoms with Gasteiger partial charge >= 0.3 is 87.4 Å². The Kier molecular flexibility index (Phi) is 25.9. The lowest BCUT2D eigenvalue weighted by atomic mass is 9.72. The third-order valence-corrected chi connectivity index (χ3v) is 31.7. The van der Waals surface area contributed by atoms with Crippen LogP contribution in [0.3, 0.4) is 0 Å². The maximum Gasteiger partial charge on any atom is 0.369 e. The van der Waals surface area contributed by atoms with Crippen molar-refractivity contribution in [3.05, 3.63) is 0 Å². The minimum absolute atomic E-state index is 0.197. The highest BCUT2D eigenvalue weighted by Gasteiger charge is 2.76. The number of halogens is 6. The Hall–Kier alpha value is -7.17. The summed E-state index contributed by atoms with van der Waals surface area (Å²) in [5.41, 5.74) is -2.19. The van der Waals surface area contributed by atoms with Crippen molar-refractivity contribution in [2.45, 2.75) is 321 Å². The van der Waals surface area contributed by atoms with Gasteiger partial charge in [0, 0.05) is 17.8 Å². The van der Waals surface area contributed by atoms with Crippen LogP contribution in [0.5, 0.6) is 0 Å². The van der Waals surface area contributed by atoms with E-state index < -0.39 is 300 Å². The molecular formula is C78H99F6O36S3-3. The molecule has 15 aliphatic rings. The fourth-order valence-electron chi connectivity index (χ4n) is 22.4. The number of hydrogen-bond donors (Lipinski definition) is 0. The Morgan fingerprint density at radius 1 is 0.382 bits per heavy atom. The van der Waals surface area contributed by atoms with Gasteiger partial charge in [0.05, 0.1) is 38.5 Å². The Morgan fingerprint density at radius 2 is 0.667 bits per heavy atom. The SMILES string of the molecule is CC(OC(=O)CCC(=O)OC1C2OC(=O)C3C2OC1C3C(=O)OC(C)(C)C1CC2CCC1C2)C(F)(F)S(=O)(=O)[O-].CCC(C)(OC(=O)C1C2OC3C(OC(=O)C31)C2OC(=O)CCC(=O)OC(C)C(F)(F)S(=O)(=O)[O-])C1CC2CCC1C2.CCC(CC)(OC(=O)C1C2OC3C(OC(=O)C31)C2OC(=O)CCC(=O)OC(C)C(F)(F)S(=O)(=O)[O-])C1CC2CCC1C2. The van der Waals surface area contributed by atoms with Crippen molar-refractivity contribution in [2.24, 2.45) is 88.8 Å². The van der Waals surface area contributed by atoms with Crippen molar-refractivity contribution in [1.29, 1.82) is 0 Å². The number of alkyl halides is 6. The van der Waals surface area contributed by atoms with Crippen molar-refractivity contribution in [3.63, 3.8) is 0 Å². The number of carbonyl (C=O) groups excluding carboxylic acids is 12. The molecule has 0 aromatic heterocycles. The molecule has 6 aliphatic carbocycles. The van der Waals surface area contributed by atoms with E-state index >= 15 is 0 Å². The summed E-state index contributed by atoms with van der Waals surface area (Å²) in [5.74, 6) is -12.8. The van der Waals surface area contributed by atoms with Crippen molar-refractivity contribution in [3.8, 4) is 0 Å². The topological polar surface area (TPSA) is 515 Å². The molecule has 6 saturated carbocycles. The van der Waals surface area contributed by atoms with Crippen LogP contribution in [-0.4, -0.2) is 235 Å². The Labute approximate surface area is 702 Å². The molecule has 0 N–H and O–H groups in total. The molecule has 123 heavy (non-hydrogen) atoms. The van der Waals surface area contributed by atoms with Gasteiger partial charge in [-0.2, -0.15) is 26.3 Å². The van der Waals surface area contributed by atoms with Crippen LogP contribution in [0.2, 0.25) is 0 Å². The van der Waals surface area contributed by atoms with Gasteiger partial charge in [-0.05, 0) is 154 Å². The molecule has 9 saturated heterocycles. The lowest BCUT2D eigenvalue weighted by Gasteiger charge is -2.42. The summed E-state index contributed by atoms with van der Waals surface area (Å²) in [6.07, 6.45) is -8.93. The Balaban J connectivity index is 0.000000159. The van der Waals surface area contributed by atoms with Crippen molar-refractivity contribution >= 4 is 102 Å². The van der Waals surface area contributed by atoms with Gasteiger partial charge in [0.15, 0.2) is 85.3 Å². The van der Waals surface area contributed by atoms with Gasteiger partial charge in [-0.15, -0.1) is 0 Å². The molecule has 45 heteroatoms. The molecule has 0 aromatic carbocycles. The van der Waals surface area contributed by atoms with Gasteiger partial charge in [0.25, 0.3) is 0 Å². The molecule has 690 valence electrons. The largest absolute Gasteiger partial charge is 0.743 e. The second kappa shape index (κ2) is 34.1. The molecule has 0 amide bonds. The number of esters is 12. The fraction of sp³-hybridized carbons (Fsp3) is 0.846. The Bertz CT molecular complexity index is 4540. The van der Waals surface area contributed by atoms with Crippen molar-refractivity contribution in [2.75, 3.05) is 0 Å². The molecule has 36 nitrogen and oxygen atoms in total. The normalized spacial score (nSPS) is 36.6. The van der Waals surface area contributed by atoms with E-state index in [1.54, 1.807) is 0 Å². The fourth-order valence-corrected chi connectivity index (χ4v) is 23.8. The second-order valence-electron chi connectivity index (χ2n) is 36.0. The quantitative estimate of drug-likeness (QED) is 0.0338. The van der Waals surface area contributed by atoms with E-state index in [1.165, 1.54) is 19.3 Å². The number of carbonyl (C=O) groups is 12. The van der Waals surface area contributed by atoms with E-state index in [0.717, 1.165) is 57.8 Å². The average molecular weight is 1820 g/mol. The highest BCUT2D eigenvalue weighted by Crippen LogP contribution is 2.61. The zero-order valence-electron chi connectivity index (χ0n) is 68.4. The molecule has 12 bridgehead atoms. The molecule has 0 aromatic rings. The first kappa shape index (κ1) is 93.5. The number of fused-ring (bicyclic) bond motifs is 9. The predicted octanol–water partition coefficient (Wildman–Crippen LogP) is 5.51. The first-order valence-corrected chi connectivity index (χ1v) is 45.9. The van der Waals surface area contributed by atoms with E-state index in [4.69, 9.17) is 56.8 Å². The standard InChI is InChI=1S/C27H36F2O12S.C26H34F2O12S.C25H32F2O12S/c1-4-26(5-2,15-11-13-6-7-14(15)10-13)41-25(33)19-18-20-23(40-24(18)32)22(21(19)39-20)38-17(31)9-8-16(30)37-12(3)27(28,29)42(34,35)36;1-4-25(3,14-10-12-5-6-13(14)9-12)40-24(32)18-17-19-22(39-23(17)31)21(20(18)38-19)37-16(30)8-7-15(29)36-11(2)26(27,28)41(33,34)35;1-10(25(26,27)40(32,33)34)35-14(28)6-7-15(29)36-20-19-17(16-18(37-19)21(20)38-22(16)30)23(31)39-24(2,3)13-9-11-4-5-12(13)8-11/h12-15,18-23H,4-11H2,1-3H3,(H,34,35,36);11-14,17-22H,4-10H2,1-3H3,(H,33,34,35);10-13,16-21H,4-9H2,1-3H3,(H,32,33,34)/p-3. The zero-order valence-corrected chi connectivity index (χ0v) is 70.8. The summed E-state index contributed by atoms with van der Waals surface area (Å²) in [5, 5.41) is -14.6. The predicted molar refractivity (Wildman–Crippen MR) is 386 cm³/mol. The highest BCUT2D eigenvalue weighted by molar-refractivity contribution is 7.87. The van der Waals surface area contributed by atoms with Crippen molar-refractivity contribution in [1.82, 2.24) is 0 Å². The van der Waals surface area contributed by atoms with Crippen LogP contribution < -0.4 is 0 Å². The molecule has 0 spiro atoms. The molecule has 9 aliphatic heterocycles. The van der Waals surface area contributed by atoms with Crippen LogP contribution in [-0.2, 0) is 159 Å². The molecule has 0 radical (unpaired) electrons. The van der Waals surface area contributed by atoms with E-state index in [-0.39, 0.29) is 17.8 Å². The number of ether oxygens (including phenoxy) is 15. The number of rotatable bonds is 33. The molecule has 9 heterocycles. The first-order chi connectivity index (χ1) is 57.2. The lowest BCUT2D eigenvalue weighted by molar-refractivity contribution is -0.182. The zero-order chi connectivity index (χ0) is 90.2. The van der Waals surface area contributed by atoms with E-state index in [2.05, 4.69) is 14.2 Å². The smallest absolute Gasteiger partial charge is 0.369 e. The van der Waals surface area contributed by atoms with E-state index in [0.29, 0.717) is 75.5 Å². The summed E-state index contributed by atoms with van der Waals surface area (Å²) in [6, 6.07) is 0. The summed E-state index contributed by atoms with van der Waals surface area (Å²) < 4.78 is 259. The van der Waals surface area contributed by atoms with Crippen LogP contribution in [0.15, 0.2) is 0 Å². The van der Waals surface area contributed by atoms with Crippen LogP contribution in [0, 0.1) is 88.8 Å². The third kappa shape index (κ3) is 17.4. The van der Waals surface area contributed by atoms with Gasteiger partial charge in [0.1, 0.15) is 88.9 Å². The highest BCUT2D eigenvalue weighted by atomic mass is 32.2. The Morgan fingerprint density at radius 3 is 0.943 bits per heavy atom. The lowest BCUT2D eigenvalue weighted by Crippen LogP contribution is -2.51. The second-order valence-corrected chi connectivity index (χ2v) is 40.4. The molecule has 15 fully saturated rings.